The maximum atomic E-state index is 10.4. The number of rotatable bonds is 3. The van der Waals surface area contributed by atoms with E-state index in [9.17, 15) is 9.59 Å². The maximum Gasteiger partial charge on any atom is 0.220 e. The summed E-state index contributed by atoms with van der Waals surface area (Å²) >= 11 is 0. The molecule has 0 unspecified atom stereocenters. The monoisotopic (exact) mass is 130 g/mol. The third-order valence-corrected chi connectivity index (χ3v) is 0.949. The van der Waals surface area contributed by atoms with Crippen molar-refractivity contribution in [3.63, 3.8) is 0 Å². The Hall–Kier alpha value is -1.06. The van der Waals surface area contributed by atoms with Crippen LogP contribution in [0.25, 0.3) is 0 Å². The highest BCUT2D eigenvalue weighted by Crippen LogP contribution is 1.76. The molecule has 0 radical (unpaired) electrons. The SMILES string of the molecule is CC(=O)N(C)CNC=O. The fraction of sp³-hybridized carbons (Fsp3) is 0.600. The molecule has 0 fully saturated rings. The van der Waals surface area contributed by atoms with Crippen LogP contribution in [0.3, 0.4) is 0 Å². The second-order valence-electron chi connectivity index (χ2n) is 1.70. The lowest BCUT2D eigenvalue weighted by atomic mass is 10.6. The third-order valence-electron chi connectivity index (χ3n) is 0.949. The fourth-order valence-corrected chi connectivity index (χ4v) is 0.286. The van der Waals surface area contributed by atoms with Gasteiger partial charge in [-0.1, -0.05) is 0 Å². The van der Waals surface area contributed by atoms with E-state index in [1.54, 1.807) is 7.05 Å². The Bertz CT molecular complexity index is 114. The first-order valence-corrected chi connectivity index (χ1v) is 2.57. The average Bonchev–Trinajstić information content (AvgIpc) is 1.82. The summed E-state index contributed by atoms with van der Waals surface area (Å²) in [5.74, 6) is -0.0654. The normalized spacial score (nSPS) is 8.22. The molecule has 0 aliphatic heterocycles. The number of hydrogen-bond acceptors (Lipinski definition) is 2. The number of amides is 2. The zero-order valence-electron chi connectivity index (χ0n) is 5.55. The maximum absolute atomic E-state index is 10.4. The Morgan fingerprint density at radius 3 is 2.67 bits per heavy atom. The molecule has 0 aliphatic rings. The quantitative estimate of drug-likeness (QED) is 0.400. The van der Waals surface area contributed by atoms with Gasteiger partial charge in [0.1, 0.15) is 0 Å². The van der Waals surface area contributed by atoms with Gasteiger partial charge in [0.05, 0.1) is 6.67 Å². The van der Waals surface area contributed by atoms with Crippen molar-refractivity contribution < 1.29 is 9.59 Å². The van der Waals surface area contributed by atoms with Gasteiger partial charge in [-0.05, 0) is 0 Å². The second kappa shape index (κ2) is 3.88. The first-order valence-electron chi connectivity index (χ1n) is 2.57. The van der Waals surface area contributed by atoms with E-state index in [0.29, 0.717) is 6.41 Å². The zero-order chi connectivity index (χ0) is 7.28. The van der Waals surface area contributed by atoms with Crippen molar-refractivity contribution >= 4 is 12.3 Å². The van der Waals surface area contributed by atoms with E-state index < -0.39 is 0 Å². The lowest BCUT2D eigenvalue weighted by Gasteiger charge is -2.12. The Balaban J connectivity index is 3.37. The van der Waals surface area contributed by atoms with E-state index in [0.717, 1.165) is 0 Å². The Morgan fingerprint density at radius 2 is 2.33 bits per heavy atom. The highest BCUT2D eigenvalue weighted by molar-refractivity contribution is 5.72. The van der Waals surface area contributed by atoms with Crippen LogP contribution >= 0.6 is 0 Å². The van der Waals surface area contributed by atoms with Gasteiger partial charge in [0.2, 0.25) is 12.3 Å². The van der Waals surface area contributed by atoms with Crippen LogP contribution in [0.2, 0.25) is 0 Å². The zero-order valence-corrected chi connectivity index (χ0v) is 5.55. The van der Waals surface area contributed by atoms with Gasteiger partial charge < -0.3 is 10.2 Å². The van der Waals surface area contributed by atoms with Gasteiger partial charge in [0, 0.05) is 14.0 Å². The minimum absolute atomic E-state index is 0.0654. The summed E-state index contributed by atoms with van der Waals surface area (Å²) in [5, 5.41) is 2.35. The van der Waals surface area contributed by atoms with Gasteiger partial charge in [0.15, 0.2) is 0 Å². The van der Waals surface area contributed by atoms with E-state index in [-0.39, 0.29) is 12.6 Å². The minimum atomic E-state index is -0.0654. The van der Waals surface area contributed by atoms with Gasteiger partial charge >= 0.3 is 0 Å². The van der Waals surface area contributed by atoms with Gasteiger partial charge in [-0.25, -0.2) is 0 Å². The molecule has 1 N–H and O–H groups in total. The van der Waals surface area contributed by atoms with Crippen LogP contribution < -0.4 is 5.32 Å². The first-order chi connectivity index (χ1) is 4.18. The molecule has 0 rings (SSSR count). The van der Waals surface area contributed by atoms with Crippen molar-refractivity contribution in [2.45, 2.75) is 6.92 Å². The standard InChI is InChI=1S/C5H10N2O2/c1-5(9)7(2)3-6-4-8/h4H,3H2,1-2H3,(H,6,8). The van der Waals surface area contributed by atoms with Crippen molar-refractivity contribution in [1.29, 1.82) is 0 Å². The van der Waals surface area contributed by atoms with E-state index in [1.165, 1.54) is 11.8 Å². The fourth-order valence-electron chi connectivity index (χ4n) is 0.286. The average molecular weight is 130 g/mol. The molecule has 0 atom stereocenters. The molecule has 0 bridgehead atoms. The first kappa shape index (κ1) is 7.94. The topological polar surface area (TPSA) is 49.4 Å². The second-order valence-corrected chi connectivity index (χ2v) is 1.70. The van der Waals surface area contributed by atoms with Crippen LogP contribution in [0.4, 0.5) is 0 Å². The predicted molar refractivity (Wildman–Crippen MR) is 32.5 cm³/mol. The molecule has 0 heterocycles. The molecule has 0 saturated carbocycles. The van der Waals surface area contributed by atoms with E-state index in [2.05, 4.69) is 5.32 Å². The Labute approximate surface area is 53.8 Å². The molecule has 0 spiro atoms. The number of carbonyl (C=O) groups excluding carboxylic acids is 2. The molecule has 0 saturated heterocycles. The van der Waals surface area contributed by atoms with Gasteiger partial charge in [-0.15, -0.1) is 0 Å². The molecule has 0 aliphatic carbocycles. The molecule has 4 heteroatoms. The smallest absolute Gasteiger partial charge is 0.220 e. The predicted octanol–water partition coefficient (Wildman–Crippen LogP) is -0.832. The van der Waals surface area contributed by atoms with Gasteiger partial charge in [0.25, 0.3) is 0 Å². The van der Waals surface area contributed by atoms with Crippen LogP contribution in [-0.4, -0.2) is 30.9 Å². The summed E-state index contributed by atoms with van der Waals surface area (Å²) in [6.07, 6.45) is 0.555. The van der Waals surface area contributed by atoms with Crippen LogP contribution in [0.5, 0.6) is 0 Å². The molecule has 0 aromatic heterocycles. The molecular weight excluding hydrogens is 120 g/mol. The van der Waals surface area contributed by atoms with Crippen molar-refractivity contribution in [1.82, 2.24) is 10.2 Å². The van der Waals surface area contributed by atoms with E-state index in [4.69, 9.17) is 0 Å². The number of hydrogen-bond donors (Lipinski definition) is 1. The molecule has 2 amide bonds. The summed E-state index contributed by atoms with van der Waals surface area (Å²) in [6, 6.07) is 0. The van der Waals surface area contributed by atoms with E-state index >= 15 is 0 Å². The van der Waals surface area contributed by atoms with E-state index in [1.807, 2.05) is 0 Å². The highest BCUT2D eigenvalue weighted by Gasteiger charge is 1.97. The molecule has 0 aromatic rings. The number of nitrogens with zero attached hydrogens (tertiary/aromatic N) is 1. The van der Waals surface area contributed by atoms with Crippen molar-refractivity contribution in [2.24, 2.45) is 0 Å². The summed E-state index contributed by atoms with van der Waals surface area (Å²) < 4.78 is 0. The summed E-state index contributed by atoms with van der Waals surface area (Å²) in [4.78, 5) is 21.5. The lowest BCUT2D eigenvalue weighted by Crippen LogP contribution is -2.33. The third kappa shape index (κ3) is 3.52. The van der Waals surface area contributed by atoms with Crippen molar-refractivity contribution in [3.8, 4) is 0 Å². The molecular formula is C5H10N2O2. The largest absolute Gasteiger partial charge is 0.341 e. The lowest BCUT2D eigenvalue weighted by molar-refractivity contribution is -0.128. The summed E-state index contributed by atoms with van der Waals surface area (Å²) in [5.41, 5.74) is 0. The number of nitrogens with one attached hydrogen (secondary N) is 1. The van der Waals surface area contributed by atoms with Gasteiger partial charge in [-0.2, -0.15) is 0 Å². The Morgan fingerprint density at radius 1 is 1.78 bits per heavy atom. The van der Waals surface area contributed by atoms with Crippen molar-refractivity contribution in [2.75, 3.05) is 13.7 Å². The number of carbonyl (C=O) groups is 2. The minimum Gasteiger partial charge on any atom is -0.341 e. The molecule has 4 nitrogen and oxygen atoms in total. The van der Waals surface area contributed by atoms with Crippen LogP contribution in [0.15, 0.2) is 0 Å². The van der Waals surface area contributed by atoms with Crippen molar-refractivity contribution in [3.05, 3.63) is 0 Å². The highest BCUT2D eigenvalue weighted by atomic mass is 16.2. The molecule has 0 aromatic carbocycles. The molecule has 52 valence electrons. The summed E-state index contributed by atoms with van der Waals surface area (Å²) in [6.45, 7) is 1.71. The van der Waals surface area contributed by atoms with Crippen LogP contribution in [0, 0.1) is 0 Å². The van der Waals surface area contributed by atoms with Crippen LogP contribution in [-0.2, 0) is 9.59 Å². The summed E-state index contributed by atoms with van der Waals surface area (Å²) in [7, 11) is 1.61. The molecule has 9 heavy (non-hydrogen) atoms. The Kier molecular flexibility index (Phi) is 3.43. The van der Waals surface area contributed by atoms with Crippen LogP contribution in [0.1, 0.15) is 6.92 Å². The van der Waals surface area contributed by atoms with Gasteiger partial charge in [-0.3, -0.25) is 9.59 Å².